The van der Waals surface area contributed by atoms with Gasteiger partial charge >= 0.3 is 12.2 Å². The van der Waals surface area contributed by atoms with Gasteiger partial charge in [-0.25, -0.2) is 47.1 Å². The van der Waals surface area contributed by atoms with Gasteiger partial charge < -0.3 is 68.5 Å². The standard InChI is InChI=1S/C25H29FN4O4.C21H23FN4O2.C20H21FN4O2.C15H10BrFN2O2.C10H20N2O2.CH4S.2CH4/c1-25(2,3)34-24(32)29-11-10-18(14-29)28(4)17-7-9-22-27-20(13-23(31)30(22)15-17)16-6-8-21(33-5)19(26)12-16;1-24-9-8-16(12-24)25(2)15-5-7-20-23-18(11-21(27)26(20)13-15)14-4-6-19(28-3)17(22)10-14;1-24(14-7-8-22-11-14)15-4-6-19-23-17(10-20(26)25(19)12-15)13-3-5-18(27-2)16(21)9-13;1-21-13-4-2-9(6-11(13)17)12-7-15(20)19-8-10(16)3-5-14(19)18-12;1-10(2,3)14-9(13)12-6-5-8(7-12)11-4;1-2;;/h6-9,12-13,15,18H,10-11,14H2,1-5H3;4-7,10-11,13,16H,8-9,12H2,1-3H3;3-6,9-10,12,14,22H,7-8,11H2,1-2H3;2-8H,1H3;8,11H,5-7H2,1-4H3;2H,1H3;2*1H4/t18-;16-;14-;;8-;;;/m111.1.../s1. The third-order valence-electron chi connectivity index (χ3n) is 21.7. The highest BCUT2D eigenvalue weighted by molar-refractivity contribution is 9.10. The van der Waals surface area contributed by atoms with Crippen molar-refractivity contribution in [2.75, 3.05) is 137 Å². The van der Waals surface area contributed by atoms with Gasteiger partial charge in [-0.1, -0.05) is 14.9 Å². The number of nitrogens with one attached hydrogen (secondary N) is 2. The lowest BCUT2D eigenvalue weighted by atomic mass is 10.1. The molecular weight excluding hydrogens is 1730 g/mol. The van der Waals surface area contributed by atoms with Crippen LogP contribution >= 0.6 is 28.6 Å². The van der Waals surface area contributed by atoms with Gasteiger partial charge in [0, 0.05) is 160 Å². The van der Waals surface area contributed by atoms with Gasteiger partial charge in [0.25, 0.3) is 22.2 Å². The van der Waals surface area contributed by atoms with E-state index in [4.69, 9.17) is 28.4 Å². The van der Waals surface area contributed by atoms with Gasteiger partial charge in [-0.05, 0) is 238 Å². The molecule has 0 spiro atoms. The second-order valence-electron chi connectivity index (χ2n) is 32.5. The maximum atomic E-state index is 14.1. The van der Waals surface area contributed by atoms with Crippen molar-refractivity contribution in [1.82, 2.24) is 62.9 Å². The molecule has 12 aromatic rings. The van der Waals surface area contributed by atoms with E-state index in [1.54, 1.807) is 77.1 Å². The summed E-state index contributed by atoms with van der Waals surface area (Å²) in [4.78, 5) is 105. The number of carbonyl (C=O) groups excluding carboxylic acids is 2. The fourth-order valence-electron chi connectivity index (χ4n) is 14.7. The molecule has 0 saturated carbocycles. The highest BCUT2D eigenvalue weighted by atomic mass is 79.9. The predicted molar refractivity (Wildman–Crippen MR) is 504 cm³/mol. The van der Waals surface area contributed by atoms with Gasteiger partial charge in [0.1, 0.15) is 33.8 Å². The number of halogens is 5. The van der Waals surface area contributed by atoms with Crippen LogP contribution in [0.3, 0.4) is 0 Å². The number of methoxy groups -OCH3 is 4. The topological polar surface area (TPSA) is 270 Å². The first-order valence-corrected chi connectivity index (χ1v) is 42.6. The summed E-state index contributed by atoms with van der Waals surface area (Å²) in [6.07, 6.45) is 12.2. The van der Waals surface area contributed by atoms with E-state index >= 15 is 0 Å². The third kappa shape index (κ3) is 24.8. The van der Waals surface area contributed by atoms with E-state index in [0.29, 0.717) is 98.8 Å². The number of fused-ring (bicyclic) bond motifs is 4. The molecule has 2 amide bonds. The molecule has 4 aliphatic heterocycles. The fourth-order valence-corrected chi connectivity index (χ4v) is 15.1. The van der Waals surface area contributed by atoms with Crippen LogP contribution in [0.15, 0.2) is 194 Å². The highest BCUT2D eigenvalue weighted by Gasteiger charge is 2.34. The molecule has 0 aliphatic carbocycles. The minimum Gasteiger partial charge on any atom is -0.494 e. The molecule has 8 aromatic heterocycles. The van der Waals surface area contributed by atoms with Gasteiger partial charge in [0.15, 0.2) is 46.3 Å². The number of aromatic nitrogens is 8. The largest absolute Gasteiger partial charge is 0.494 e. The summed E-state index contributed by atoms with van der Waals surface area (Å²) in [6, 6.07) is 39.7. The Balaban J connectivity index is 0.000000183. The summed E-state index contributed by atoms with van der Waals surface area (Å²) in [5.41, 5.74) is 6.69. The van der Waals surface area contributed by atoms with Crippen LogP contribution in [0, 0.1) is 23.3 Å². The van der Waals surface area contributed by atoms with Gasteiger partial charge in [0.2, 0.25) is 0 Å². The quantitative estimate of drug-likeness (QED) is 0.0635. The summed E-state index contributed by atoms with van der Waals surface area (Å²) >= 11 is 6.83. The third-order valence-corrected chi connectivity index (χ3v) is 22.1. The van der Waals surface area contributed by atoms with E-state index < -0.39 is 34.5 Å². The Hall–Kier alpha value is -12.1. The normalized spacial score (nSPS) is 15.8. The van der Waals surface area contributed by atoms with Gasteiger partial charge in [-0.3, -0.25) is 36.8 Å². The van der Waals surface area contributed by atoms with Crippen LogP contribution in [0.4, 0.5) is 44.2 Å². The van der Waals surface area contributed by atoms with Crippen molar-refractivity contribution in [2.24, 2.45) is 0 Å². The number of amides is 2. The zero-order valence-corrected chi connectivity index (χ0v) is 75.9. The first kappa shape index (κ1) is 99.7. The Morgan fingerprint density at radius 3 is 1.07 bits per heavy atom. The van der Waals surface area contributed by atoms with Crippen molar-refractivity contribution < 1.29 is 55.6 Å². The van der Waals surface area contributed by atoms with Crippen LogP contribution in [0.1, 0.15) is 82.1 Å². The molecule has 4 aromatic carbocycles. The van der Waals surface area contributed by atoms with Crippen LogP contribution in [0.25, 0.3) is 67.6 Å². The number of ether oxygens (including phenoxy) is 6. The maximum absolute atomic E-state index is 14.1. The summed E-state index contributed by atoms with van der Waals surface area (Å²) in [7, 11) is 15.7. The fraction of sp³-hybridized carbons (Fsp3) is 0.383. The van der Waals surface area contributed by atoms with Crippen LogP contribution in [-0.2, 0) is 9.47 Å². The SMILES string of the molecule is C.C.CN[C@@H]1CCN(C(=O)OC(C)(C)C)C1.COc1ccc(-c2cc(=O)n3cc(Br)ccc3n2)cc1F.COc1ccc(-c2cc(=O)n3cc(N(C)[C@@H]4CCN(C(=O)OC(C)(C)C)C4)ccc3n2)cc1F.COc1ccc(-c2cc(=O)n3cc(N(C)[C@@H]4CCN(C)C4)ccc3n2)cc1F.COc1ccc(-c2cc(=O)n3cc(N(C)[C@@H]4CCNC4)ccc3n2)cc1F.CS. The molecule has 28 nitrogen and oxygen atoms in total. The molecule has 128 heavy (non-hydrogen) atoms. The number of carbonyl (C=O) groups is 2. The Kier molecular flexibility index (Phi) is 34.3. The lowest BCUT2D eigenvalue weighted by molar-refractivity contribution is 0.0281. The van der Waals surface area contributed by atoms with Gasteiger partial charge in [-0.15, -0.1) is 0 Å². The average molecular weight is 1850 g/mol. The molecule has 4 atom stereocenters. The Labute approximate surface area is 756 Å². The predicted octanol–water partition coefficient (Wildman–Crippen LogP) is 15.2. The first-order valence-electron chi connectivity index (χ1n) is 40.9. The minimum absolute atomic E-state index is 0. The van der Waals surface area contributed by atoms with Crippen molar-refractivity contribution in [3.63, 3.8) is 0 Å². The number of hydrogen-bond acceptors (Lipinski definition) is 23. The Bertz CT molecular complexity index is 6150. The summed E-state index contributed by atoms with van der Waals surface area (Å²) in [6.45, 7) is 17.9. The molecule has 4 aliphatic rings. The Morgan fingerprint density at radius 1 is 0.445 bits per heavy atom. The molecule has 16 rings (SSSR count). The lowest BCUT2D eigenvalue weighted by Crippen LogP contribution is -2.39. The van der Waals surface area contributed by atoms with Crippen LogP contribution in [0.5, 0.6) is 23.0 Å². The van der Waals surface area contributed by atoms with E-state index in [-0.39, 0.29) is 78.3 Å². The summed E-state index contributed by atoms with van der Waals surface area (Å²) in [5, 5.41) is 6.51. The van der Waals surface area contributed by atoms with E-state index in [1.165, 1.54) is 119 Å². The van der Waals surface area contributed by atoms with Gasteiger partial charge in [-0.2, -0.15) is 12.6 Å². The molecule has 12 heterocycles. The van der Waals surface area contributed by atoms with E-state index in [9.17, 15) is 46.3 Å². The number of benzene rings is 4. The number of rotatable bonds is 15. The number of hydrogen-bond donors (Lipinski definition) is 3. The van der Waals surface area contributed by atoms with Crippen LogP contribution in [-0.4, -0.2) is 222 Å². The average Bonchev–Trinajstić information content (AvgIpc) is 0.925. The molecule has 34 heteroatoms. The number of likely N-dealkylation sites (tertiary alicyclic amines) is 3. The molecule has 0 bridgehead atoms. The molecule has 0 radical (unpaired) electrons. The van der Waals surface area contributed by atoms with Crippen molar-refractivity contribution in [3.8, 4) is 68.0 Å². The molecule has 0 unspecified atom stereocenters. The summed E-state index contributed by atoms with van der Waals surface area (Å²) < 4.78 is 93.1. The zero-order chi connectivity index (χ0) is 91.2. The maximum Gasteiger partial charge on any atom is 0.410 e. The lowest BCUT2D eigenvalue weighted by Gasteiger charge is -2.28. The van der Waals surface area contributed by atoms with E-state index in [1.807, 2.05) is 99.2 Å². The van der Waals surface area contributed by atoms with Crippen molar-refractivity contribution in [3.05, 3.63) is 240 Å². The molecule has 684 valence electrons. The van der Waals surface area contributed by atoms with Crippen molar-refractivity contribution in [2.45, 2.75) is 117 Å². The van der Waals surface area contributed by atoms with Crippen LogP contribution < -0.4 is 66.5 Å². The van der Waals surface area contributed by atoms with E-state index in [0.717, 1.165) is 86.5 Å². The molecule has 2 N–H and O–H groups in total. The number of likely N-dealkylation sites (N-methyl/N-ethyl adjacent to an activating group) is 5. The smallest absolute Gasteiger partial charge is 0.410 e. The zero-order valence-electron chi connectivity index (χ0n) is 73.5. The second-order valence-corrected chi connectivity index (χ2v) is 33.4. The number of anilines is 3. The monoisotopic (exact) mass is 1850 g/mol. The molecule has 4 saturated heterocycles. The minimum atomic E-state index is -0.538. The summed E-state index contributed by atoms with van der Waals surface area (Å²) in [5.74, 6) is -1.38. The number of thiol groups is 1. The first-order chi connectivity index (χ1) is 60.1. The Morgan fingerprint density at radius 2 is 0.766 bits per heavy atom. The second kappa shape index (κ2) is 44.1. The van der Waals surface area contributed by atoms with Crippen molar-refractivity contribution in [1.29, 1.82) is 0 Å². The van der Waals surface area contributed by atoms with E-state index in [2.05, 4.69) is 92.8 Å². The molecular formula is C94H115BrF4N16O12S. The van der Waals surface area contributed by atoms with Crippen LogP contribution in [0.2, 0.25) is 0 Å². The van der Waals surface area contributed by atoms with Gasteiger partial charge in [0.05, 0.1) is 68.3 Å². The molecule has 4 fully saturated rings. The highest BCUT2D eigenvalue weighted by Crippen LogP contribution is 2.32. The number of pyridine rings is 4. The number of nitrogens with zero attached hydrogens (tertiary/aromatic N) is 14. The van der Waals surface area contributed by atoms with Crippen molar-refractivity contribution >= 4 is 80.4 Å².